The first kappa shape index (κ1) is 24.6. The van der Waals surface area contributed by atoms with Gasteiger partial charge in [-0.2, -0.15) is 0 Å². The summed E-state index contributed by atoms with van der Waals surface area (Å²) in [7, 11) is 1.56. The summed E-state index contributed by atoms with van der Waals surface area (Å²) in [4.78, 5) is 24.8. The minimum atomic E-state index is -0.299. The molecule has 0 bridgehead atoms. The third-order valence-corrected chi connectivity index (χ3v) is 4.92. The quantitative estimate of drug-likeness (QED) is 0.443. The number of benzene rings is 3. The van der Waals surface area contributed by atoms with Gasteiger partial charge >= 0.3 is 0 Å². The Kier molecular flexibility index (Phi) is 8.51. The fourth-order valence-corrected chi connectivity index (χ4v) is 3.24. The van der Waals surface area contributed by atoms with Gasteiger partial charge in [-0.15, -0.1) is 0 Å². The van der Waals surface area contributed by atoms with Gasteiger partial charge in [-0.25, -0.2) is 0 Å². The second-order valence-corrected chi connectivity index (χ2v) is 8.03. The number of methoxy groups -OCH3 is 1. The van der Waals surface area contributed by atoms with Crippen molar-refractivity contribution in [3.8, 4) is 17.2 Å². The van der Waals surface area contributed by atoms with E-state index in [0.717, 1.165) is 11.3 Å². The lowest BCUT2D eigenvalue weighted by Crippen LogP contribution is -2.26. The minimum absolute atomic E-state index is 0.0776. The highest BCUT2D eigenvalue weighted by molar-refractivity contribution is 5.94. The normalized spacial score (nSPS) is 11.4. The first-order chi connectivity index (χ1) is 16.3. The van der Waals surface area contributed by atoms with E-state index >= 15 is 0 Å². The maximum atomic E-state index is 12.7. The van der Waals surface area contributed by atoms with Crippen LogP contribution in [0.2, 0.25) is 0 Å². The predicted octanol–water partition coefficient (Wildman–Crippen LogP) is 4.99. The predicted molar refractivity (Wildman–Crippen MR) is 132 cm³/mol. The minimum Gasteiger partial charge on any atom is -0.497 e. The van der Waals surface area contributed by atoms with Crippen LogP contribution in [0, 0.1) is 0 Å². The number of ether oxygens (including phenoxy) is 3. The zero-order valence-corrected chi connectivity index (χ0v) is 19.8. The van der Waals surface area contributed by atoms with E-state index in [1.165, 1.54) is 0 Å². The van der Waals surface area contributed by atoms with Crippen LogP contribution in [-0.4, -0.2) is 31.6 Å². The average molecular weight is 463 g/mol. The maximum absolute atomic E-state index is 12.7. The summed E-state index contributed by atoms with van der Waals surface area (Å²) < 4.78 is 16.4. The van der Waals surface area contributed by atoms with Crippen molar-refractivity contribution in [2.75, 3.05) is 19.0 Å². The molecule has 3 aromatic rings. The number of amides is 2. The number of hydrogen-bond acceptors (Lipinski definition) is 5. The standard InChI is InChI=1S/C27H30N2O5/c1-18(2)34-25-10-5-7-21(15-25)19(3)28-27(31)20-11-13-23(14-12-20)33-17-26(30)29-22-8-6-9-24(16-22)32-4/h5-16,18-19H,17H2,1-4H3,(H,28,31)(H,29,30). The Morgan fingerprint density at radius 3 is 2.26 bits per heavy atom. The van der Waals surface area contributed by atoms with Gasteiger partial charge < -0.3 is 24.8 Å². The second-order valence-electron chi connectivity index (χ2n) is 8.03. The van der Waals surface area contributed by atoms with E-state index in [2.05, 4.69) is 10.6 Å². The van der Waals surface area contributed by atoms with Gasteiger partial charge in [0.25, 0.3) is 11.8 Å². The van der Waals surface area contributed by atoms with E-state index < -0.39 is 0 Å². The molecule has 1 atom stereocenters. The summed E-state index contributed by atoms with van der Waals surface area (Å²) in [5.41, 5.74) is 2.07. The van der Waals surface area contributed by atoms with Gasteiger partial charge in [-0.1, -0.05) is 18.2 Å². The van der Waals surface area contributed by atoms with E-state index in [1.54, 1.807) is 55.6 Å². The van der Waals surface area contributed by atoms with Crippen LogP contribution >= 0.6 is 0 Å². The van der Waals surface area contributed by atoms with E-state index in [-0.39, 0.29) is 30.6 Å². The average Bonchev–Trinajstić information content (AvgIpc) is 2.83. The van der Waals surface area contributed by atoms with Crippen LogP contribution in [0.1, 0.15) is 42.7 Å². The summed E-state index contributed by atoms with van der Waals surface area (Å²) in [5.74, 6) is 1.41. The highest BCUT2D eigenvalue weighted by Gasteiger charge is 2.13. The molecule has 0 radical (unpaired) electrons. The molecule has 0 fully saturated rings. The summed E-state index contributed by atoms with van der Waals surface area (Å²) >= 11 is 0. The Hall–Kier alpha value is -4.00. The van der Waals surface area contributed by atoms with E-state index in [1.807, 2.05) is 45.0 Å². The van der Waals surface area contributed by atoms with Crippen molar-refractivity contribution in [3.05, 3.63) is 83.9 Å². The third-order valence-electron chi connectivity index (χ3n) is 4.92. The summed E-state index contributed by atoms with van der Waals surface area (Å²) in [6.07, 6.45) is 0.0776. The van der Waals surface area contributed by atoms with Crippen molar-refractivity contribution in [2.45, 2.75) is 32.9 Å². The van der Waals surface area contributed by atoms with Crippen LogP contribution in [0.4, 0.5) is 5.69 Å². The van der Waals surface area contributed by atoms with Gasteiger partial charge in [0.2, 0.25) is 0 Å². The number of rotatable bonds is 10. The smallest absolute Gasteiger partial charge is 0.262 e. The summed E-state index contributed by atoms with van der Waals surface area (Å²) in [6, 6.07) is 21.2. The second kappa shape index (κ2) is 11.7. The molecule has 0 saturated carbocycles. The molecule has 34 heavy (non-hydrogen) atoms. The Balaban J connectivity index is 1.51. The van der Waals surface area contributed by atoms with E-state index in [4.69, 9.17) is 14.2 Å². The Labute approximate surface area is 200 Å². The van der Waals surface area contributed by atoms with Gasteiger partial charge in [0.1, 0.15) is 17.2 Å². The molecule has 3 rings (SSSR count). The van der Waals surface area contributed by atoms with E-state index in [0.29, 0.717) is 22.7 Å². The molecular formula is C27H30N2O5. The van der Waals surface area contributed by atoms with Gasteiger partial charge in [-0.3, -0.25) is 9.59 Å². The molecule has 0 aliphatic carbocycles. The molecule has 3 aromatic carbocycles. The van der Waals surface area contributed by atoms with Crippen LogP contribution in [0.5, 0.6) is 17.2 Å². The van der Waals surface area contributed by atoms with Crippen LogP contribution in [0.15, 0.2) is 72.8 Å². The van der Waals surface area contributed by atoms with Gasteiger partial charge in [-0.05, 0) is 74.9 Å². The molecule has 1 unspecified atom stereocenters. The van der Waals surface area contributed by atoms with Crippen molar-refractivity contribution < 1.29 is 23.8 Å². The monoisotopic (exact) mass is 462 g/mol. The molecule has 0 saturated heterocycles. The SMILES string of the molecule is COc1cccc(NC(=O)COc2ccc(C(=O)NC(C)c3cccc(OC(C)C)c3)cc2)c1. The van der Waals surface area contributed by atoms with Crippen molar-refractivity contribution >= 4 is 17.5 Å². The molecule has 2 amide bonds. The van der Waals surface area contributed by atoms with Crippen LogP contribution in [0.25, 0.3) is 0 Å². The Morgan fingerprint density at radius 2 is 1.56 bits per heavy atom. The molecule has 0 aromatic heterocycles. The molecule has 2 N–H and O–H groups in total. The van der Waals surface area contributed by atoms with E-state index in [9.17, 15) is 9.59 Å². The number of anilines is 1. The first-order valence-electron chi connectivity index (χ1n) is 11.1. The van der Waals surface area contributed by atoms with Crippen molar-refractivity contribution in [3.63, 3.8) is 0 Å². The lowest BCUT2D eigenvalue weighted by molar-refractivity contribution is -0.118. The zero-order chi connectivity index (χ0) is 24.5. The molecule has 0 heterocycles. The molecule has 7 nitrogen and oxygen atoms in total. The summed E-state index contributed by atoms with van der Waals surface area (Å²) in [6.45, 7) is 5.70. The van der Waals surface area contributed by atoms with Gasteiger partial charge in [0.05, 0.1) is 19.3 Å². The maximum Gasteiger partial charge on any atom is 0.262 e. The highest BCUT2D eigenvalue weighted by atomic mass is 16.5. The Morgan fingerprint density at radius 1 is 0.853 bits per heavy atom. The topological polar surface area (TPSA) is 85.9 Å². The Bertz CT molecular complexity index is 1110. The molecule has 0 aliphatic rings. The highest BCUT2D eigenvalue weighted by Crippen LogP contribution is 2.21. The lowest BCUT2D eigenvalue weighted by atomic mass is 10.1. The fraction of sp³-hybridized carbons (Fsp3) is 0.259. The zero-order valence-electron chi connectivity index (χ0n) is 19.8. The number of carbonyl (C=O) groups excluding carboxylic acids is 2. The van der Waals surface area contributed by atoms with Crippen LogP contribution < -0.4 is 24.8 Å². The molecule has 178 valence electrons. The third kappa shape index (κ3) is 7.27. The molecular weight excluding hydrogens is 432 g/mol. The number of hydrogen-bond donors (Lipinski definition) is 2. The van der Waals surface area contributed by atoms with Gasteiger partial charge in [0.15, 0.2) is 6.61 Å². The largest absolute Gasteiger partial charge is 0.497 e. The van der Waals surface area contributed by atoms with Crippen molar-refractivity contribution in [1.29, 1.82) is 0 Å². The fourth-order valence-electron chi connectivity index (χ4n) is 3.24. The summed E-state index contributed by atoms with van der Waals surface area (Å²) in [5, 5.41) is 5.74. The molecule has 0 spiro atoms. The number of carbonyl (C=O) groups is 2. The van der Waals surface area contributed by atoms with Crippen molar-refractivity contribution in [2.24, 2.45) is 0 Å². The van der Waals surface area contributed by atoms with Gasteiger partial charge in [0, 0.05) is 17.3 Å². The molecule has 7 heteroatoms. The number of nitrogens with one attached hydrogen (secondary N) is 2. The van der Waals surface area contributed by atoms with Crippen LogP contribution in [0.3, 0.4) is 0 Å². The molecule has 0 aliphatic heterocycles. The lowest BCUT2D eigenvalue weighted by Gasteiger charge is -2.17. The first-order valence-corrected chi connectivity index (χ1v) is 11.1. The van der Waals surface area contributed by atoms with Crippen LogP contribution in [-0.2, 0) is 4.79 Å². The van der Waals surface area contributed by atoms with Crippen molar-refractivity contribution in [1.82, 2.24) is 5.32 Å².